The van der Waals surface area contributed by atoms with Crippen LogP contribution in [0.3, 0.4) is 0 Å². The number of hydrogen-bond acceptors (Lipinski definition) is 5. The highest BCUT2D eigenvalue weighted by Gasteiger charge is 2.16. The zero-order valence-electron chi connectivity index (χ0n) is 11.9. The monoisotopic (exact) mass is 300 g/mol. The number of carbonyl (C=O) groups excluding carboxylic acids is 2. The average molecular weight is 300 g/mol. The molecule has 1 aromatic carbocycles. The topological polar surface area (TPSA) is 96.7 Å². The van der Waals surface area contributed by atoms with Gasteiger partial charge in [0.25, 0.3) is 5.91 Å². The normalized spacial score (nSPS) is 15.1. The summed E-state index contributed by atoms with van der Waals surface area (Å²) in [7, 11) is 0. The van der Waals surface area contributed by atoms with E-state index in [0.29, 0.717) is 26.2 Å². The molecule has 2 rings (SSSR count). The van der Waals surface area contributed by atoms with Gasteiger partial charge in [-0.05, 0) is 12.1 Å². The smallest absolute Gasteiger partial charge is 0.267 e. The van der Waals surface area contributed by atoms with Gasteiger partial charge in [0.15, 0.2) is 0 Å². The summed E-state index contributed by atoms with van der Waals surface area (Å²) in [5, 5.41) is 21.3. The summed E-state index contributed by atoms with van der Waals surface area (Å²) in [6.45, 7) is 2.24. The molecular weight excluding hydrogens is 284 g/mol. The van der Waals surface area contributed by atoms with Crippen LogP contribution in [0.4, 0.5) is 5.69 Å². The van der Waals surface area contributed by atoms with Crippen LogP contribution in [0.5, 0.6) is 5.75 Å². The Bertz CT molecular complexity index is 628. The van der Waals surface area contributed by atoms with Gasteiger partial charge in [-0.3, -0.25) is 9.59 Å². The molecule has 0 radical (unpaired) electrons. The number of amides is 2. The number of para-hydroxylation sites is 2. The van der Waals surface area contributed by atoms with Crippen LogP contribution in [0, 0.1) is 11.3 Å². The first-order chi connectivity index (χ1) is 10.6. The summed E-state index contributed by atoms with van der Waals surface area (Å²) in [5.41, 5.74) is 0.197. The van der Waals surface area contributed by atoms with Crippen LogP contribution in [0.2, 0.25) is 0 Å². The van der Waals surface area contributed by atoms with Gasteiger partial charge in [-0.15, -0.1) is 0 Å². The molecule has 0 atom stereocenters. The second-order valence-corrected chi connectivity index (χ2v) is 4.80. The number of carbonyl (C=O) groups is 2. The van der Waals surface area contributed by atoms with Gasteiger partial charge in [0.2, 0.25) is 6.41 Å². The Morgan fingerprint density at radius 3 is 2.45 bits per heavy atom. The Morgan fingerprint density at radius 2 is 1.86 bits per heavy atom. The van der Waals surface area contributed by atoms with E-state index in [9.17, 15) is 14.7 Å². The second kappa shape index (κ2) is 7.13. The predicted molar refractivity (Wildman–Crippen MR) is 79.6 cm³/mol. The van der Waals surface area contributed by atoms with Crippen molar-refractivity contribution in [2.75, 3.05) is 31.5 Å². The van der Waals surface area contributed by atoms with E-state index in [-0.39, 0.29) is 17.0 Å². The quantitative estimate of drug-likeness (QED) is 0.365. The average Bonchev–Trinajstić information content (AvgIpc) is 2.55. The van der Waals surface area contributed by atoms with Gasteiger partial charge in [-0.25, -0.2) is 0 Å². The molecule has 7 heteroatoms. The third-order valence-electron chi connectivity index (χ3n) is 3.33. The Kier molecular flexibility index (Phi) is 4.98. The van der Waals surface area contributed by atoms with Crippen molar-refractivity contribution >= 4 is 18.0 Å². The van der Waals surface area contributed by atoms with Crippen molar-refractivity contribution in [1.29, 1.82) is 5.26 Å². The molecule has 2 amide bonds. The number of hydrogen-bond donors (Lipinski definition) is 2. The molecule has 0 aromatic heterocycles. The molecule has 0 bridgehead atoms. The highest BCUT2D eigenvalue weighted by atomic mass is 16.3. The molecular formula is C15H16N4O3. The van der Waals surface area contributed by atoms with Crippen molar-refractivity contribution < 1.29 is 14.7 Å². The van der Waals surface area contributed by atoms with Crippen molar-refractivity contribution in [2.24, 2.45) is 0 Å². The number of benzene rings is 1. The van der Waals surface area contributed by atoms with E-state index >= 15 is 0 Å². The molecule has 2 N–H and O–H groups in total. The second-order valence-electron chi connectivity index (χ2n) is 4.80. The molecule has 0 unspecified atom stereocenters. The number of nitrogens with zero attached hydrogens (tertiary/aromatic N) is 3. The maximum atomic E-state index is 12.1. The van der Waals surface area contributed by atoms with Crippen molar-refractivity contribution in [2.45, 2.75) is 0 Å². The summed E-state index contributed by atoms with van der Waals surface area (Å²) in [4.78, 5) is 26.2. The molecule has 7 nitrogen and oxygen atoms in total. The maximum Gasteiger partial charge on any atom is 0.267 e. The maximum absolute atomic E-state index is 12.1. The minimum Gasteiger partial charge on any atom is -0.506 e. The summed E-state index contributed by atoms with van der Waals surface area (Å²) in [5.74, 6) is -0.644. The first kappa shape index (κ1) is 15.4. The fourth-order valence-electron chi connectivity index (χ4n) is 2.06. The van der Waals surface area contributed by atoms with Gasteiger partial charge in [0.1, 0.15) is 17.4 Å². The molecule has 1 aliphatic heterocycles. The van der Waals surface area contributed by atoms with Gasteiger partial charge >= 0.3 is 0 Å². The Labute approximate surface area is 128 Å². The minimum absolute atomic E-state index is 0.0530. The van der Waals surface area contributed by atoms with E-state index in [2.05, 4.69) is 5.32 Å². The molecule has 1 aromatic rings. The number of rotatable bonds is 4. The summed E-state index contributed by atoms with van der Waals surface area (Å²) in [6, 6.07) is 8.16. The number of aromatic hydroxyl groups is 1. The Balaban J connectivity index is 2.03. The highest BCUT2D eigenvalue weighted by molar-refractivity contribution is 6.07. The van der Waals surface area contributed by atoms with E-state index in [4.69, 9.17) is 5.26 Å². The van der Waals surface area contributed by atoms with Crippen LogP contribution in [-0.2, 0) is 9.59 Å². The van der Waals surface area contributed by atoms with E-state index in [1.165, 1.54) is 12.3 Å². The van der Waals surface area contributed by atoms with Crippen molar-refractivity contribution in [1.82, 2.24) is 9.80 Å². The fourth-order valence-corrected chi connectivity index (χ4v) is 2.06. The number of nitrogens with one attached hydrogen (secondary N) is 1. The van der Waals surface area contributed by atoms with Crippen LogP contribution >= 0.6 is 0 Å². The van der Waals surface area contributed by atoms with Crippen LogP contribution in [0.1, 0.15) is 0 Å². The van der Waals surface area contributed by atoms with Crippen LogP contribution < -0.4 is 5.32 Å². The molecule has 22 heavy (non-hydrogen) atoms. The Hall–Kier alpha value is -3.01. The lowest BCUT2D eigenvalue weighted by Gasteiger charge is -2.31. The summed E-state index contributed by atoms with van der Waals surface area (Å²) >= 11 is 0. The third-order valence-corrected chi connectivity index (χ3v) is 3.33. The Morgan fingerprint density at radius 1 is 1.23 bits per heavy atom. The first-order valence-corrected chi connectivity index (χ1v) is 6.78. The molecule has 0 saturated carbocycles. The van der Waals surface area contributed by atoms with Gasteiger partial charge < -0.3 is 20.2 Å². The molecule has 0 spiro atoms. The third kappa shape index (κ3) is 3.76. The largest absolute Gasteiger partial charge is 0.506 e. The molecule has 1 aliphatic rings. The number of phenolic OH excluding ortho intramolecular Hbond substituents is 1. The van der Waals surface area contributed by atoms with Crippen LogP contribution in [-0.4, -0.2) is 53.4 Å². The number of phenols is 1. The number of nitriles is 1. The first-order valence-electron chi connectivity index (χ1n) is 6.78. The van der Waals surface area contributed by atoms with Crippen LogP contribution in [0.15, 0.2) is 36.0 Å². The van der Waals surface area contributed by atoms with E-state index in [1.807, 2.05) is 11.0 Å². The van der Waals surface area contributed by atoms with Crippen LogP contribution in [0.25, 0.3) is 0 Å². The number of anilines is 1. The standard InChI is InChI=1S/C15H16N4O3/c16-9-12(10-18-5-7-19(11-20)8-6-18)15(22)17-13-3-1-2-4-14(13)21/h1-4,10-11,21H,5-8H2,(H,17,22)/b12-10-. The van der Waals surface area contributed by atoms with E-state index in [1.54, 1.807) is 23.1 Å². The lowest BCUT2D eigenvalue weighted by atomic mass is 10.2. The van der Waals surface area contributed by atoms with Gasteiger partial charge in [-0.2, -0.15) is 5.26 Å². The van der Waals surface area contributed by atoms with Crippen molar-refractivity contribution in [3.8, 4) is 11.8 Å². The zero-order chi connectivity index (χ0) is 15.9. The number of piperazine rings is 1. The lowest BCUT2D eigenvalue weighted by molar-refractivity contribution is -0.119. The van der Waals surface area contributed by atoms with Gasteiger partial charge in [0.05, 0.1) is 5.69 Å². The van der Waals surface area contributed by atoms with Crippen molar-refractivity contribution in [3.05, 3.63) is 36.0 Å². The predicted octanol–water partition coefficient (Wildman–Crippen LogP) is 0.512. The lowest BCUT2D eigenvalue weighted by Crippen LogP contribution is -2.43. The molecule has 0 aliphatic carbocycles. The summed E-state index contributed by atoms with van der Waals surface area (Å²) in [6.07, 6.45) is 2.27. The zero-order valence-corrected chi connectivity index (χ0v) is 11.9. The van der Waals surface area contributed by atoms with E-state index in [0.717, 1.165) is 6.41 Å². The summed E-state index contributed by atoms with van der Waals surface area (Å²) < 4.78 is 0. The molecule has 1 fully saturated rings. The minimum atomic E-state index is -0.582. The van der Waals surface area contributed by atoms with Gasteiger partial charge in [-0.1, -0.05) is 12.1 Å². The molecule has 1 saturated heterocycles. The fraction of sp³-hybridized carbons (Fsp3) is 0.267. The molecule has 114 valence electrons. The SMILES string of the molecule is N#C/C(=C/N1CCN(C=O)CC1)C(=O)Nc1ccccc1O. The van der Waals surface area contributed by atoms with E-state index < -0.39 is 5.91 Å². The highest BCUT2D eigenvalue weighted by Crippen LogP contribution is 2.22. The molecule has 1 heterocycles. The van der Waals surface area contributed by atoms with Crippen molar-refractivity contribution in [3.63, 3.8) is 0 Å². The van der Waals surface area contributed by atoms with Gasteiger partial charge in [0, 0.05) is 32.4 Å².